The van der Waals surface area contributed by atoms with Crippen molar-refractivity contribution in [2.75, 3.05) is 0 Å². The van der Waals surface area contributed by atoms with Gasteiger partial charge in [0.25, 0.3) is 0 Å². The minimum Gasteiger partial charge on any atom is -0.462 e. The molecule has 3 heteroatoms. The molecule has 1 aliphatic rings. The van der Waals surface area contributed by atoms with Crippen molar-refractivity contribution >= 4 is 5.97 Å². The van der Waals surface area contributed by atoms with Crippen LogP contribution in [0.15, 0.2) is 0 Å². The van der Waals surface area contributed by atoms with Gasteiger partial charge in [-0.2, -0.15) is 0 Å². The second-order valence-corrected chi connectivity index (χ2v) is 11.0. The van der Waals surface area contributed by atoms with E-state index >= 15 is 0 Å². The van der Waals surface area contributed by atoms with Gasteiger partial charge in [0.1, 0.15) is 6.10 Å². The first-order valence-electron chi connectivity index (χ1n) is 8.92. The lowest BCUT2D eigenvalue weighted by Crippen LogP contribution is -2.60. The second-order valence-electron chi connectivity index (χ2n) is 11.0. The summed E-state index contributed by atoms with van der Waals surface area (Å²) >= 11 is 0. The molecule has 0 amide bonds. The van der Waals surface area contributed by atoms with Crippen molar-refractivity contribution in [1.29, 1.82) is 0 Å². The van der Waals surface area contributed by atoms with E-state index in [0.29, 0.717) is 0 Å². The first kappa shape index (κ1) is 20.5. The Balaban J connectivity index is 3.05. The molecular formula is C20H39NO2. The van der Waals surface area contributed by atoms with Crippen LogP contribution in [-0.2, 0) is 9.53 Å². The summed E-state index contributed by atoms with van der Waals surface area (Å²) in [4.78, 5) is 13.2. The third-order valence-corrected chi connectivity index (χ3v) is 5.83. The van der Waals surface area contributed by atoms with Crippen molar-refractivity contribution in [3.05, 3.63) is 0 Å². The summed E-state index contributed by atoms with van der Waals surface area (Å²) in [5.41, 5.74) is -0.918. The van der Waals surface area contributed by atoms with Gasteiger partial charge in [0.2, 0.25) is 0 Å². The minimum atomic E-state index is -0.542. The molecule has 3 nitrogen and oxygen atoms in total. The van der Waals surface area contributed by atoms with E-state index in [1.165, 1.54) is 0 Å². The van der Waals surface area contributed by atoms with Gasteiger partial charge in [-0.3, -0.25) is 4.79 Å². The fourth-order valence-electron chi connectivity index (χ4n) is 4.32. The average molecular weight is 326 g/mol. The lowest BCUT2D eigenvalue weighted by Gasteiger charge is -2.51. The van der Waals surface area contributed by atoms with Gasteiger partial charge < -0.3 is 10.1 Å². The quantitative estimate of drug-likeness (QED) is 0.731. The molecule has 0 aliphatic carbocycles. The maximum absolute atomic E-state index is 13.2. The van der Waals surface area contributed by atoms with Crippen LogP contribution in [-0.4, -0.2) is 23.2 Å². The van der Waals surface area contributed by atoms with Crippen LogP contribution >= 0.6 is 0 Å². The fourth-order valence-corrected chi connectivity index (χ4v) is 4.32. The maximum atomic E-state index is 13.2. The van der Waals surface area contributed by atoms with Crippen LogP contribution in [0.5, 0.6) is 0 Å². The van der Waals surface area contributed by atoms with Gasteiger partial charge in [0.15, 0.2) is 0 Å². The van der Waals surface area contributed by atoms with Crippen LogP contribution in [0, 0.1) is 16.2 Å². The number of nitrogens with one attached hydrogen (secondary N) is 1. The summed E-state index contributed by atoms with van der Waals surface area (Å²) in [5, 5.41) is 3.64. The van der Waals surface area contributed by atoms with E-state index in [4.69, 9.17) is 4.74 Å². The normalized spacial score (nSPS) is 22.7. The standard InChI is InChI=1S/C20H39NO2/c1-16(2,3)20(11,17(4,5)6)15(22)23-14-12-18(7,8)21-19(9,10)13-14/h14,21H,12-13H2,1-11H3. The number of hydrogen-bond donors (Lipinski definition) is 1. The Hall–Kier alpha value is -0.570. The predicted molar refractivity (Wildman–Crippen MR) is 97.4 cm³/mol. The lowest BCUT2D eigenvalue weighted by molar-refractivity contribution is -0.182. The van der Waals surface area contributed by atoms with Crippen molar-refractivity contribution in [2.45, 2.75) is 106 Å². The molecule has 1 N–H and O–H groups in total. The van der Waals surface area contributed by atoms with Gasteiger partial charge in [-0.25, -0.2) is 0 Å². The number of ether oxygens (including phenoxy) is 1. The SMILES string of the molecule is CC1(C)CC(OC(=O)C(C)(C(C)(C)C)C(C)(C)C)CC(C)(C)N1. The van der Waals surface area contributed by atoms with Crippen LogP contribution in [0.1, 0.15) is 89.0 Å². The van der Waals surface area contributed by atoms with Crippen LogP contribution < -0.4 is 5.32 Å². The molecule has 0 atom stereocenters. The molecule has 1 rings (SSSR count). The van der Waals surface area contributed by atoms with Crippen molar-refractivity contribution < 1.29 is 9.53 Å². The largest absolute Gasteiger partial charge is 0.462 e. The molecule has 0 unspecified atom stereocenters. The molecular weight excluding hydrogens is 286 g/mol. The molecule has 1 heterocycles. The Bertz CT molecular complexity index is 419. The van der Waals surface area contributed by atoms with Gasteiger partial charge >= 0.3 is 5.97 Å². The van der Waals surface area contributed by atoms with Gasteiger partial charge in [-0.15, -0.1) is 0 Å². The molecule has 0 aromatic carbocycles. The average Bonchev–Trinajstić information content (AvgIpc) is 2.19. The molecule has 23 heavy (non-hydrogen) atoms. The Morgan fingerprint density at radius 2 is 1.22 bits per heavy atom. The Morgan fingerprint density at radius 3 is 1.52 bits per heavy atom. The van der Waals surface area contributed by atoms with Gasteiger partial charge in [0.05, 0.1) is 5.41 Å². The number of rotatable bonds is 2. The second kappa shape index (κ2) is 5.75. The molecule has 1 saturated heterocycles. The number of piperidine rings is 1. The molecule has 0 spiro atoms. The monoisotopic (exact) mass is 325 g/mol. The smallest absolute Gasteiger partial charge is 0.313 e. The maximum Gasteiger partial charge on any atom is 0.313 e. The van der Waals surface area contributed by atoms with Crippen molar-refractivity contribution in [3.8, 4) is 0 Å². The van der Waals surface area contributed by atoms with E-state index in [1.54, 1.807) is 0 Å². The lowest BCUT2D eigenvalue weighted by atomic mass is 9.55. The minimum absolute atomic E-state index is 0.0213. The highest BCUT2D eigenvalue weighted by Gasteiger charge is 2.54. The molecule has 136 valence electrons. The van der Waals surface area contributed by atoms with E-state index in [-0.39, 0.29) is 34.0 Å². The van der Waals surface area contributed by atoms with Crippen LogP contribution in [0.3, 0.4) is 0 Å². The zero-order chi connectivity index (χ0) is 18.5. The summed E-state index contributed by atoms with van der Waals surface area (Å²) in [7, 11) is 0. The Morgan fingerprint density at radius 1 is 0.870 bits per heavy atom. The highest BCUT2D eigenvalue weighted by molar-refractivity contribution is 5.78. The van der Waals surface area contributed by atoms with Crippen LogP contribution in [0.2, 0.25) is 0 Å². The molecule has 0 bridgehead atoms. The first-order chi connectivity index (χ1) is 9.91. The predicted octanol–water partition coefficient (Wildman–Crippen LogP) is 4.94. The van der Waals surface area contributed by atoms with Crippen LogP contribution in [0.4, 0.5) is 0 Å². The number of hydrogen-bond acceptors (Lipinski definition) is 3. The van der Waals surface area contributed by atoms with Crippen LogP contribution in [0.25, 0.3) is 0 Å². The van der Waals surface area contributed by atoms with Gasteiger partial charge in [-0.05, 0) is 45.4 Å². The zero-order valence-electron chi connectivity index (χ0n) is 17.3. The third kappa shape index (κ3) is 4.29. The zero-order valence-corrected chi connectivity index (χ0v) is 17.3. The van der Waals surface area contributed by atoms with Crippen molar-refractivity contribution in [3.63, 3.8) is 0 Å². The van der Waals surface area contributed by atoms with Crippen molar-refractivity contribution in [1.82, 2.24) is 5.32 Å². The number of carbonyl (C=O) groups is 1. The number of carbonyl (C=O) groups excluding carboxylic acids is 1. The van der Waals surface area contributed by atoms with E-state index < -0.39 is 5.41 Å². The molecule has 1 aliphatic heterocycles. The van der Waals surface area contributed by atoms with Gasteiger partial charge in [-0.1, -0.05) is 41.5 Å². The third-order valence-electron chi connectivity index (χ3n) is 5.83. The van der Waals surface area contributed by atoms with E-state index in [2.05, 4.69) is 81.5 Å². The molecule has 0 aromatic rings. The summed E-state index contributed by atoms with van der Waals surface area (Å²) in [6.07, 6.45) is 1.68. The first-order valence-corrected chi connectivity index (χ1v) is 8.92. The summed E-state index contributed by atoms with van der Waals surface area (Å²) in [6, 6.07) is 0. The summed E-state index contributed by atoms with van der Waals surface area (Å²) in [5.74, 6) is -0.0593. The van der Waals surface area contributed by atoms with E-state index in [1.807, 2.05) is 0 Å². The Labute approximate surface area is 143 Å². The number of esters is 1. The highest BCUT2D eigenvalue weighted by atomic mass is 16.5. The topological polar surface area (TPSA) is 38.3 Å². The van der Waals surface area contributed by atoms with Gasteiger partial charge in [0, 0.05) is 23.9 Å². The van der Waals surface area contributed by atoms with Crippen molar-refractivity contribution in [2.24, 2.45) is 16.2 Å². The molecule has 1 fully saturated rings. The molecule has 0 aromatic heterocycles. The summed E-state index contributed by atoms with van der Waals surface area (Å²) < 4.78 is 6.10. The highest BCUT2D eigenvalue weighted by Crippen LogP contribution is 2.52. The molecule has 0 saturated carbocycles. The molecule has 0 radical (unpaired) electrons. The van der Waals surface area contributed by atoms with E-state index in [9.17, 15) is 4.79 Å². The van der Waals surface area contributed by atoms with E-state index in [0.717, 1.165) is 12.8 Å². The summed E-state index contributed by atoms with van der Waals surface area (Å²) in [6.45, 7) is 23.6. The Kier molecular flexibility index (Phi) is 5.12. The fraction of sp³-hybridized carbons (Fsp3) is 0.950.